The molecule has 0 aromatic heterocycles. The van der Waals surface area contributed by atoms with E-state index in [0.29, 0.717) is 19.3 Å². The third kappa shape index (κ3) is 46.8. The largest absolute Gasteiger partial charge is 0.462 e. The van der Waals surface area contributed by atoms with Gasteiger partial charge in [0.05, 0.1) is 0 Å². The molecule has 1 atom stereocenters. The number of hydrogen-bond acceptors (Lipinski definition) is 6. The van der Waals surface area contributed by atoms with Gasteiger partial charge < -0.3 is 14.2 Å². The van der Waals surface area contributed by atoms with Gasteiger partial charge in [-0.3, -0.25) is 14.4 Å². The average Bonchev–Trinajstić information content (AvgIpc) is 3.23. The highest BCUT2D eigenvalue weighted by Crippen LogP contribution is 2.16. The van der Waals surface area contributed by atoms with Gasteiger partial charge in [0.25, 0.3) is 0 Å². The molecule has 6 heteroatoms. The van der Waals surface area contributed by atoms with Crippen LogP contribution in [0.4, 0.5) is 0 Å². The van der Waals surface area contributed by atoms with Crippen molar-refractivity contribution in [2.75, 3.05) is 13.2 Å². The maximum absolute atomic E-state index is 12.8. The van der Waals surface area contributed by atoms with Crippen LogP contribution < -0.4 is 0 Å². The lowest BCUT2D eigenvalue weighted by atomic mass is 10.0. The molecule has 0 saturated heterocycles. The molecule has 0 saturated carbocycles. The molecule has 0 unspecified atom stereocenters. The van der Waals surface area contributed by atoms with Gasteiger partial charge in [-0.2, -0.15) is 0 Å². The number of allylic oxidation sites excluding steroid dienone is 4. The minimum atomic E-state index is -0.770. The van der Waals surface area contributed by atoms with E-state index in [1.165, 1.54) is 161 Å². The van der Waals surface area contributed by atoms with Crippen molar-refractivity contribution >= 4 is 17.9 Å². The van der Waals surface area contributed by atoms with Crippen LogP contribution in [0.2, 0.25) is 0 Å². The molecule has 0 radical (unpaired) electrons. The van der Waals surface area contributed by atoms with Crippen molar-refractivity contribution in [1.82, 2.24) is 0 Å². The second-order valence-corrected chi connectivity index (χ2v) is 17.4. The molecule has 0 N–H and O–H groups in total. The molecule has 0 rings (SSSR count). The summed E-state index contributed by atoms with van der Waals surface area (Å²) >= 11 is 0. The molecule has 59 heavy (non-hydrogen) atoms. The fraction of sp³-hybridized carbons (Fsp3) is 0.868. The van der Waals surface area contributed by atoms with E-state index in [4.69, 9.17) is 14.2 Å². The van der Waals surface area contributed by atoms with Crippen LogP contribution in [0.15, 0.2) is 24.3 Å². The van der Waals surface area contributed by atoms with Gasteiger partial charge in [0, 0.05) is 19.3 Å². The van der Waals surface area contributed by atoms with Crippen LogP contribution in [-0.4, -0.2) is 37.2 Å². The Morgan fingerprint density at radius 3 is 0.966 bits per heavy atom. The summed E-state index contributed by atoms with van der Waals surface area (Å²) in [6.07, 6.45) is 54.4. The SMILES string of the molecule is CCCCCC=CCC=CCCCCCCCC(=O)OC[C@@H](COC(=O)CCCCCCCCCCCCCCC)OC(=O)CCCCCCCCCCCCCCC. The van der Waals surface area contributed by atoms with Crippen molar-refractivity contribution in [3.8, 4) is 0 Å². The first kappa shape index (κ1) is 56.9. The lowest BCUT2D eigenvalue weighted by molar-refractivity contribution is -0.167. The zero-order chi connectivity index (χ0) is 43.0. The normalized spacial score (nSPS) is 12.1. The van der Waals surface area contributed by atoms with Crippen LogP contribution in [0, 0.1) is 0 Å². The predicted octanol–water partition coefficient (Wildman–Crippen LogP) is 16.8. The second-order valence-electron chi connectivity index (χ2n) is 17.4. The van der Waals surface area contributed by atoms with E-state index in [-0.39, 0.29) is 31.1 Å². The van der Waals surface area contributed by atoms with Gasteiger partial charge in [0.15, 0.2) is 6.10 Å². The lowest BCUT2D eigenvalue weighted by Gasteiger charge is -2.18. The van der Waals surface area contributed by atoms with Crippen molar-refractivity contribution in [3.05, 3.63) is 24.3 Å². The van der Waals surface area contributed by atoms with Crippen molar-refractivity contribution in [1.29, 1.82) is 0 Å². The number of unbranched alkanes of at least 4 members (excludes halogenated alkanes) is 32. The predicted molar refractivity (Wildman–Crippen MR) is 252 cm³/mol. The summed E-state index contributed by atoms with van der Waals surface area (Å²) in [7, 11) is 0. The average molecular weight is 831 g/mol. The Hall–Kier alpha value is -2.11. The summed E-state index contributed by atoms with van der Waals surface area (Å²) in [6.45, 7) is 6.62. The number of carbonyl (C=O) groups excluding carboxylic acids is 3. The van der Waals surface area contributed by atoms with Crippen LogP contribution in [0.3, 0.4) is 0 Å². The highest BCUT2D eigenvalue weighted by molar-refractivity contribution is 5.71. The first-order chi connectivity index (χ1) is 29.0. The molecule has 0 aliphatic heterocycles. The number of ether oxygens (including phenoxy) is 3. The quantitative estimate of drug-likeness (QED) is 0.0263. The number of carbonyl (C=O) groups is 3. The molecular weight excluding hydrogens is 733 g/mol. The lowest BCUT2D eigenvalue weighted by Crippen LogP contribution is -2.30. The number of rotatable bonds is 47. The van der Waals surface area contributed by atoms with E-state index in [0.717, 1.165) is 77.0 Å². The minimum absolute atomic E-state index is 0.0708. The van der Waals surface area contributed by atoms with Crippen LogP contribution in [-0.2, 0) is 28.6 Å². The highest BCUT2D eigenvalue weighted by atomic mass is 16.6. The summed E-state index contributed by atoms with van der Waals surface area (Å²) < 4.78 is 16.8. The zero-order valence-electron chi connectivity index (χ0n) is 39.5. The standard InChI is InChI=1S/C53H98O6/c1-4-7-10-13-16-19-22-25-26-29-31-34-37-40-43-46-52(55)58-49-50(59-53(56)47-44-41-38-35-32-28-24-21-18-15-12-9-6-3)48-57-51(54)45-42-39-36-33-30-27-23-20-17-14-11-8-5-2/h16,19,25-26,50H,4-15,17-18,20-24,27-49H2,1-3H3/t50-/m1/s1. The Kier molecular flexibility index (Phi) is 46.8. The molecule has 6 nitrogen and oxygen atoms in total. The molecule has 0 aliphatic rings. The fourth-order valence-corrected chi connectivity index (χ4v) is 7.53. The minimum Gasteiger partial charge on any atom is -0.462 e. The molecule has 0 fully saturated rings. The van der Waals surface area contributed by atoms with Crippen molar-refractivity contribution in [2.24, 2.45) is 0 Å². The van der Waals surface area contributed by atoms with Crippen molar-refractivity contribution in [3.63, 3.8) is 0 Å². The first-order valence-corrected chi connectivity index (χ1v) is 25.8. The fourth-order valence-electron chi connectivity index (χ4n) is 7.53. The molecule has 0 amide bonds. The summed E-state index contributed by atoms with van der Waals surface area (Å²) in [6, 6.07) is 0. The van der Waals surface area contributed by atoms with Crippen LogP contribution in [0.1, 0.15) is 278 Å². The van der Waals surface area contributed by atoms with E-state index in [1.54, 1.807) is 0 Å². The van der Waals surface area contributed by atoms with Crippen LogP contribution in [0.5, 0.6) is 0 Å². The van der Waals surface area contributed by atoms with E-state index in [2.05, 4.69) is 45.1 Å². The van der Waals surface area contributed by atoms with Gasteiger partial charge in [-0.25, -0.2) is 0 Å². The van der Waals surface area contributed by atoms with E-state index in [9.17, 15) is 14.4 Å². The van der Waals surface area contributed by atoms with Gasteiger partial charge in [0.2, 0.25) is 0 Å². The third-order valence-corrected chi connectivity index (χ3v) is 11.5. The first-order valence-electron chi connectivity index (χ1n) is 25.8. The molecule has 0 aromatic rings. The van der Waals surface area contributed by atoms with E-state index >= 15 is 0 Å². The number of esters is 3. The van der Waals surface area contributed by atoms with Gasteiger partial charge in [-0.15, -0.1) is 0 Å². The summed E-state index contributed by atoms with van der Waals surface area (Å²) in [5.41, 5.74) is 0. The maximum Gasteiger partial charge on any atom is 0.306 e. The Morgan fingerprint density at radius 2 is 0.610 bits per heavy atom. The summed E-state index contributed by atoms with van der Waals surface area (Å²) in [5.74, 6) is -0.871. The van der Waals surface area contributed by atoms with Gasteiger partial charge in [-0.05, 0) is 51.4 Å². The maximum atomic E-state index is 12.8. The Balaban J connectivity index is 4.36. The molecule has 0 spiro atoms. The van der Waals surface area contributed by atoms with Crippen molar-refractivity contribution in [2.45, 2.75) is 284 Å². The van der Waals surface area contributed by atoms with E-state index < -0.39 is 6.10 Å². The Labute approximate surface area is 366 Å². The summed E-state index contributed by atoms with van der Waals surface area (Å²) in [5, 5.41) is 0. The molecule has 346 valence electrons. The zero-order valence-corrected chi connectivity index (χ0v) is 39.5. The molecule has 0 aliphatic carbocycles. The molecule has 0 aromatic carbocycles. The smallest absolute Gasteiger partial charge is 0.306 e. The van der Waals surface area contributed by atoms with Gasteiger partial charge in [-0.1, -0.05) is 231 Å². The van der Waals surface area contributed by atoms with Gasteiger partial charge in [0.1, 0.15) is 13.2 Å². The third-order valence-electron chi connectivity index (χ3n) is 11.5. The Morgan fingerprint density at radius 1 is 0.339 bits per heavy atom. The van der Waals surface area contributed by atoms with Crippen molar-refractivity contribution < 1.29 is 28.6 Å². The molecule has 0 heterocycles. The van der Waals surface area contributed by atoms with Gasteiger partial charge >= 0.3 is 17.9 Å². The van der Waals surface area contributed by atoms with Crippen LogP contribution >= 0.6 is 0 Å². The summed E-state index contributed by atoms with van der Waals surface area (Å²) in [4.78, 5) is 37.9. The molecular formula is C53H98O6. The topological polar surface area (TPSA) is 78.9 Å². The van der Waals surface area contributed by atoms with E-state index in [1.807, 2.05) is 0 Å². The molecule has 0 bridgehead atoms. The highest BCUT2D eigenvalue weighted by Gasteiger charge is 2.19. The second kappa shape index (κ2) is 48.6. The van der Waals surface area contributed by atoms with Crippen LogP contribution in [0.25, 0.3) is 0 Å². The number of hydrogen-bond donors (Lipinski definition) is 0. The Bertz CT molecular complexity index is 958. The monoisotopic (exact) mass is 831 g/mol.